The Bertz CT molecular complexity index is 890. The lowest BCUT2D eigenvalue weighted by molar-refractivity contribution is -0.131. The fourth-order valence-electron chi connectivity index (χ4n) is 1.90. The number of ether oxygens (including phenoxy) is 1. The average molecular weight is 369 g/mol. The van der Waals surface area contributed by atoms with E-state index in [0.29, 0.717) is 5.56 Å². The standard InChI is InChI=1S/C14H15N3O5S2/c1-8-5-4-6-10(22-9(2)18)12(8)13(19)16-14-15-11(7-23-14)17-24(3,20)21/h4-7,17H,1-3H3,(H,15,16,19). The third kappa shape index (κ3) is 4.77. The van der Waals surface area contributed by atoms with Crippen LogP contribution in [0, 0.1) is 6.92 Å². The number of nitrogens with zero attached hydrogens (tertiary/aromatic N) is 1. The monoisotopic (exact) mass is 369 g/mol. The molecule has 0 aliphatic rings. The van der Waals surface area contributed by atoms with E-state index in [1.807, 2.05) is 0 Å². The highest BCUT2D eigenvalue weighted by Crippen LogP contribution is 2.25. The summed E-state index contributed by atoms with van der Waals surface area (Å²) in [5.74, 6) is -0.790. The Balaban J connectivity index is 2.23. The highest BCUT2D eigenvalue weighted by atomic mass is 32.2. The van der Waals surface area contributed by atoms with Gasteiger partial charge in [-0.1, -0.05) is 12.1 Å². The molecule has 0 bridgehead atoms. The zero-order chi connectivity index (χ0) is 17.9. The number of sulfonamides is 1. The SMILES string of the molecule is CC(=O)Oc1cccc(C)c1C(=O)Nc1nc(NS(C)(=O)=O)cs1. The van der Waals surface area contributed by atoms with Gasteiger partial charge in [-0.3, -0.25) is 19.6 Å². The molecule has 0 saturated heterocycles. The third-order valence-corrected chi connectivity index (χ3v) is 4.07. The number of aromatic nitrogens is 1. The van der Waals surface area contributed by atoms with E-state index >= 15 is 0 Å². The van der Waals surface area contributed by atoms with Crippen LogP contribution in [0.1, 0.15) is 22.8 Å². The lowest BCUT2D eigenvalue weighted by atomic mass is 10.1. The van der Waals surface area contributed by atoms with Crippen molar-refractivity contribution in [1.29, 1.82) is 0 Å². The number of thiazole rings is 1. The molecule has 1 heterocycles. The first-order valence-corrected chi connectivity index (χ1v) is 9.45. The number of hydrogen-bond donors (Lipinski definition) is 2. The molecule has 0 fully saturated rings. The van der Waals surface area contributed by atoms with Gasteiger partial charge < -0.3 is 4.74 Å². The van der Waals surface area contributed by atoms with Crippen molar-refractivity contribution in [3.05, 3.63) is 34.7 Å². The number of carbonyl (C=O) groups excluding carboxylic acids is 2. The predicted octanol–water partition coefficient (Wildman–Crippen LogP) is 2.00. The van der Waals surface area contributed by atoms with Crippen LogP contribution in [0.4, 0.5) is 10.9 Å². The zero-order valence-corrected chi connectivity index (χ0v) is 14.7. The minimum Gasteiger partial charge on any atom is -0.426 e. The summed E-state index contributed by atoms with van der Waals surface area (Å²) in [6.45, 7) is 2.95. The van der Waals surface area contributed by atoms with E-state index in [-0.39, 0.29) is 22.3 Å². The lowest BCUT2D eigenvalue weighted by Crippen LogP contribution is -2.16. The molecule has 2 N–H and O–H groups in total. The molecule has 0 aliphatic carbocycles. The summed E-state index contributed by atoms with van der Waals surface area (Å²) >= 11 is 1.06. The molecular weight excluding hydrogens is 354 g/mol. The Hall–Kier alpha value is -2.46. The van der Waals surface area contributed by atoms with E-state index < -0.39 is 21.9 Å². The molecule has 0 spiro atoms. The van der Waals surface area contributed by atoms with Gasteiger partial charge >= 0.3 is 5.97 Å². The normalized spacial score (nSPS) is 11.0. The maximum atomic E-state index is 12.5. The maximum Gasteiger partial charge on any atom is 0.308 e. The summed E-state index contributed by atoms with van der Waals surface area (Å²) in [5.41, 5.74) is 0.831. The zero-order valence-electron chi connectivity index (χ0n) is 13.1. The summed E-state index contributed by atoms with van der Waals surface area (Å²) in [7, 11) is -3.45. The average Bonchev–Trinajstić information content (AvgIpc) is 2.82. The minimum atomic E-state index is -3.45. The molecule has 0 aliphatic heterocycles. The molecule has 2 aromatic rings. The van der Waals surface area contributed by atoms with Crippen LogP contribution in [0.5, 0.6) is 5.75 Å². The predicted molar refractivity (Wildman–Crippen MR) is 91.0 cm³/mol. The second kappa shape index (κ2) is 6.97. The molecule has 8 nitrogen and oxygen atoms in total. The van der Waals surface area contributed by atoms with E-state index in [1.54, 1.807) is 19.1 Å². The number of nitrogens with one attached hydrogen (secondary N) is 2. The quantitative estimate of drug-likeness (QED) is 0.615. The van der Waals surface area contributed by atoms with Gasteiger partial charge in [0.05, 0.1) is 11.8 Å². The van der Waals surface area contributed by atoms with Crippen molar-refractivity contribution in [2.75, 3.05) is 16.3 Å². The van der Waals surface area contributed by atoms with Gasteiger partial charge in [-0.05, 0) is 18.6 Å². The lowest BCUT2D eigenvalue weighted by Gasteiger charge is -2.10. The van der Waals surface area contributed by atoms with Crippen molar-refractivity contribution in [3.63, 3.8) is 0 Å². The van der Waals surface area contributed by atoms with E-state index in [0.717, 1.165) is 17.6 Å². The van der Waals surface area contributed by atoms with Gasteiger partial charge in [0, 0.05) is 12.3 Å². The number of aryl methyl sites for hydroxylation is 1. The molecule has 1 amide bonds. The van der Waals surface area contributed by atoms with Crippen LogP contribution in [-0.2, 0) is 14.8 Å². The molecule has 0 unspecified atom stereocenters. The molecule has 128 valence electrons. The first-order valence-electron chi connectivity index (χ1n) is 6.68. The molecule has 1 aromatic carbocycles. The number of benzene rings is 1. The topological polar surface area (TPSA) is 114 Å². The van der Waals surface area contributed by atoms with Crippen molar-refractivity contribution in [2.24, 2.45) is 0 Å². The van der Waals surface area contributed by atoms with Crippen LogP contribution < -0.4 is 14.8 Å². The van der Waals surface area contributed by atoms with Crippen molar-refractivity contribution < 1.29 is 22.7 Å². The molecule has 2 rings (SSSR count). The summed E-state index contributed by atoms with van der Waals surface area (Å²) < 4.78 is 29.6. The van der Waals surface area contributed by atoms with Gasteiger partial charge in [-0.15, -0.1) is 11.3 Å². The second-order valence-electron chi connectivity index (χ2n) is 4.91. The van der Waals surface area contributed by atoms with Crippen LogP contribution in [0.15, 0.2) is 23.6 Å². The highest BCUT2D eigenvalue weighted by Gasteiger charge is 2.18. The Morgan fingerprint density at radius 3 is 2.62 bits per heavy atom. The van der Waals surface area contributed by atoms with E-state index in [4.69, 9.17) is 4.74 Å². The van der Waals surface area contributed by atoms with Gasteiger partial charge in [0.15, 0.2) is 10.9 Å². The molecule has 0 saturated carbocycles. The molecule has 0 atom stereocenters. The first kappa shape index (κ1) is 17.9. The van der Waals surface area contributed by atoms with Gasteiger partial charge in [0.2, 0.25) is 10.0 Å². The maximum absolute atomic E-state index is 12.5. The summed E-state index contributed by atoms with van der Waals surface area (Å²) in [5, 5.41) is 4.23. The summed E-state index contributed by atoms with van der Waals surface area (Å²) in [4.78, 5) is 27.6. The fourth-order valence-corrected chi connectivity index (χ4v) is 3.10. The van der Waals surface area contributed by atoms with Gasteiger partial charge in [0.25, 0.3) is 5.91 Å². The number of anilines is 2. The third-order valence-electron chi connectivity index (χ3n) is 2.73. The Morgan fingerprint density at radius 2 is 2.00 bits per heavy atom. The Kier molecular flexibility index (Phi) is 5.20. The summed E-state index contributed by atoms with van der Waals surface area (Å²) in [6, 6.07) is 4.89. The van der Waals surface area contributed by atoms with Crippen LogP contribution in [0.3, 0.4) is 0 Å². The Morgan fingerprint density at radius 1 is 1.29 bits per heavy atom. The van der Waals surface area contributed by atoms with Crippen LogP contribution in [0.2, 0.25) is 0 Å². The van der Waals surface area contributed by atoms with E-state index in [9.17, 15) is 18.0 Å². The molecule has 24 heavy (non-hydrogen) atoms. The molecule has 10 heteroatoms. The first-order chi connectivity index (χ1) is 11.2. The van der Waals surface area contributed by atoms with Crippen LogP contribution in [0.25, 0.3) is 0 Å². The summed E-state index contributed by atoms with van der Waals surface area (Å²) in [6.07, 6.45) is 1.00. The highest BCUT2D eigenvalue weighted by molar-refractivity contribution is 7.92. The van der Waals surface area contributed by atoms with E-state index in [1.165, 1.54) is 18.4 Å². The number of amides is 1. The van der Waals surface area contributed by atoms with Crippen LogP contribution >= 0.6 is 11.3 Å². The van der Waals surface area contributed by atoms with Gasteiger partial charge in [-0.25, -0.2) is 13.4 Å². The smallest absolute Gasteiger partial charge is 0.308 e. The fraction of sp³-hybridized carbons (Fsp3) is 0.214. The van der Waals surface area contributed by atoms with Crippen LogP contribution in [-0.4, -0.2) is 31.5 Å². The number of carbonyl (C=O) groups is 2. The largest absolute Gasteiger partial charge is 0.426 e. The molecule has 1 aromatic heterocycles. The molecular formula is C14H15N3O5S2. The van der Waals surface area contributed by atoms with Crippen molar-refractivity contribution in [3.8, 4) is 5.75 Å². The van der Waals surface area contributed by atoms with Crippen molar-refractivity contribution in [1.82, 2.24) is 4.98 Å². The number of esters is 1. The van der Waals surface area contributed by atoms with Crippen molar-refractivity contribution >= 4 is 44.2 Å². The minimum absolute atomic E-state index is 0.114. The van der Waals surface area contributed by atoms with Gasteiger partial charge in [-0.2, -0.15) is 0 Å². The molecule has 0 radical (unpaired) electrons. The number of hydrogen-bond acceptors (Lipinski definition) is 7. The second-order valence-corrected chi connectivity index (χ2v) is 7.51. The van der Waals surface area contributed by atoms with Crippen molar-refractivity contribution in [2.45, 2.75) is 13.8 Å². The number of rotatable bonds is 5. The van der Waals surface area contributed by atoms with Gasteiger partial charge in [0.1, 0.15) is 5.75 Å². The Labute approximate surface area is 142 Å². The van der Waals surface area contributed by atoms with E-state index in [2.05, 4.69) is 15.0 Å².